The number of esters is 1. The number of nitro groups is 1. The summed E-state index contributed by atoms with van der Waals surface area (Å²) >= 11 is 13.4. The minimum Gasteiger partial charge on any atom is -0.463 e. The van der Waals surface area contributed by atoms with Crippen LogP contribution in [0.5, 0.6) is 0 Å². The number of aromatic nitrogens is 1. The molecule has 9 nitrogen and oxygen atoms in total. The van der Waals surface area contributed by atoms with Crippen molar-refractivity contribution in [2.24, 2.45) is 4.99 Å². The molecule has 0 spiro atoms. The van der Waals surface area contributed by atoms with Crippen molar-refractivity contribution in [3.63, 3.8) is 0 Å². The summed E-state index contributed by atoms with van der Waals surface area (Å²) in [5.41, 5.74) is 2.16. The van der Waals surface area contributed by atoms with E-state index in [-0.39, 0.29) is 39.2 Å². The molecule has 0 saturated heterocycles. The number of aryl methyl sites for hydroxylation is 1. The number of halogens is 2. The number of furan rings is 1. The molecule has 0 fully saturated rings. The summed E-state index contributed by atoms with van der Waals surface area (Å²) in [6, 6.07) is 12.6. The van der Waals surface area contributed by atoms with Gasteiger partial charge in [-0.2, -0.15) is 0 Å². The third-order valence-corrected chi connectivity index (χ3v) is 7.91. The molecule has 0 bridgehead atoms. The molecule has 1 atom stereocenters. The highest BCUT2D eigenvalue weighted by Gasteiger charge is 2.33. The number of hydrogen-bond donors (Lipinski definition) is 0. The summed E-state index contributed by atoms with van der Waals surface area (Å²) in [6.07, 6.45) is 1.56. The van der Waals surface area contributed by atoms with Crippen molar-refractivity contribution in [2.75, 3.05) is 6.61 Å². The van der Waals surface area contributed by atoms with Gasteiger partial charge in [0.15, 0.2) is 4.80 Å². The molecule has 5 rings (SSSR count). The van der Waals surface area contributed by atoms with E-state index in [1.807, 2.05) is 31.2 Å². The number of fused-ring (bicyclic) bond motifs is 1. The average molecular weight is 598 g/mol. The van der Waals surface area contributed by atoms with Gasteiger partial charge in [0.2, 0.25) is 0 Å². The van der Waals surface area contributed by atoms with Gasteiger partial charge in [-0.25, -0.2) is 9.79 Å². The Morgan fingerprint density at radius 2 is 1.90 bits per heavy atom. The number of benzene rings is 2. The third-order valence-electron chi connectivity index (χ3n) is 6.31. The Morgan fingerprint density at radius 1 is 1.18 bits per heavy atom. The van der Waals surface area contributed by atoms with Crippen molar-refractivity contribution in [3.8, 4) is 11.3 Å². The van der Waals surface area contributed by atoms with Crippen LogP contribution in [-0.4, -0.2) is 22.1 Å². The molecule has 40 heavy (non-hydrogen) atoms. The van der Waals surface area contributed by atoms with Gasteiger partial charge in [-0.3, -0.25) is 19.5 Å². The first-order valence-corrected chi connectivity index (χ1v) is 13.7. The largest absolute Gasteiger partial charge is 0.463 e. The number of allylic oxidation sites excluding steroid dienone is 1. The third kappa shape index (κ3) is 5.01. The van der Waals surface area contributed by atoms with Gasteiger partial charge in [0.1, 0.15) is 16.5 Å². The molecule has 0 unspecified atom stereocenters. The highest BCUT2D eigenvalue weighted by Crippen LogP contribution is 2.37. The summed E-state index contributed by atoms with van der Waals surface area (Å²) < 4.78 is 13.0. The Hall–Kier alpha value is -3.99. The number of thiazole rings is 1. The van der Waals surface area contributed by atoms with E-state index in [4.69, 9.17) is 32.4 Å². The summed E-state index contributed by atoms with van der Waals surface area (Å²) in [6.45, 7) is 5.58. The highest BCUT2D eigenvalue weighted by molar-refractivity contribution is 7.07. The van der Waals surface area contributed by atoms with Gasteiger partial charge in [-0.15, -0.1) is 0 Å². The number of nitro benzene ring substituents is 1. The van der Waals surface area contributed by atoms with E-state index in [9.17, 15) is 19.7 Å². The lowest BCUT2D eigenvalue weighted by molar-refractivity contribution is -0.384. The lowest BCUT2D eigenvalue weighted by atomic mass is 9.95. The molecule has 204 valence electrons. The topological polar surface area (TPSA) is 117 Å². The van der Waals surface area contributed by atoms with Crippen LogP contribution in [0.3, 0.4) is 0 Å². The van der Waals surface area contributed by atoms with Crippen LogP contribution in [0.1, 0.15) is 36.8 Å². The van der Waals surface area contributed by atoms with Gasteiger partial charge in [0.25, 0.3) is 11.2 Å². The van der Waals surface area contributed by atoms with E-state index in [0.717, 1.165) is 22.5 Å². The molecule has 3 heterocycles. The number of ether oxygens (including phenoxy) is 1. The van der Waals surface area contributed by atoms with Crippen molar-refractivity contribution in [1.29, 1.82) is 0 Å². The Balaban J connectivity index is 1.63. The Labute approximate surface area is 241 Å². The molecule has 2 aromatic carbocycles. The molecule has 1 aliphatic rings. The number of carbonyl (C=O) groups excluding carboxylic acids is 1. The second-order valence-electron chi connectivity index (χ2n) is 8.96. The summed E-state index contributed by atoms with van der Waals surface area (Å²) in [4.78, 5) is 42.5. The van der Waals surface area contributed by atoms with Gasteiger partial charge in [-0.05, 0) is 44.5 Å². The second-order valence-corrected chi connectivity index (χ2v) is 10.8. The van der Waals surface area contributed by atoms with E-state index in [0.29, 0.717) is 26.4 Å². The van der Waals surface area contributed by atoms with Crippen molar-refractivity contribution in [2.45, 2.75) is 26.8 Å². The molecule has 0 N–H and O–H groups in total. The fourth-order valence-electron chi connectivity index (χ4n) is 4.43. The van der Waals surface area contributed by atoms with E-state index >= 15 is 0 Å². The van der Waals surface area contributed by atoms with E-state index in [2.05, 4.69) is 4.99 Å². The zero-order valence-electron chi connectivity index (χ0n) is 21.4. The standard InChI is InChI=1S/C28H21Cl2N3O6S/c1-4-38-27(35)24-15(3)31-28-32(25(24)16-7-5-14(2)6-8-16)26(34)23(40-28)11-17-9-10-22(39-17)18-12-21(33(36)37)20(30)13-19(18)29/h5-13,25H,4H2,1-3H3/b23-11+/t25-/m0/s1. The first-order valence-electron chi connectivity index (χ1n) is 12.1. The van der Waals surface area contributed by atoms with E-state index in [1.165, 1.54) is 16.7 Å². The summed E-state index contributed by atoms with van der Waals surface area (Å²) in [7, 11) is 0. The van der Waals surface area contributed by atoms with Crippen LogP contribution in [0, 0.1) is 17.0 Å². The molecular formula is C28H21Cl2N3O6S. The normalized spacial score (nSPS) is 15.1. The number of carbonyl (C=O) groups is 1. The van der Waals surface area contributed by atoms with Crippen LogP contribution in [0.2, 0.25) is 10.0 Å². The van der Waals surface area contributed by atoms with Crippen LogP contribution < -0.4 is 14.9 Å². The first-order chi connectivity index (χ1) is 19.1. The van der Waals surface area contributed by atoms with Crippen molar-refractivity contribution in [1.82, 2.24) is 4.57 Å². The minimum absolute atomic E-state index is 0.0905. The highest BCUT2D eigenvalue weighted by atomic mass is 35.5. The lowest BCUT2D eigenvalue weighted by Gasteiger charge is -2.24. The van der Waals surface area contributed by atoms with E-state index < -0.39 is 16.9 Å². The van der Waals surface area contributed by atoms with Crippen molar-refractivity contribution < 1.29 is 18.9 Å². The fraction of sp³-hybridized carbons (Fsp3) is 0.179. The van der Waals surface area contributed by atoms with Gasteiger partial charge >= 0.3 is 5.97 Å². The predicted octanol–water partition coefficient (Wildman–Crippen LogP) is 5.58. The maximum absolute atomic E-state index is 13.7. The maximum atomic E-state index is 13.7. The first kappa shape index (κ1) is 27.6. The van der Waals surface area contributed by atoms with E-state index in [1.54, 1.807) is 32.1 Å². The number of hydrogen-bond acceptors (Lipinski definition) is 8. The fourth-order valence-corrected chi connectivity index (χ4v) is 6.00. The van der Waals surface area contributed by atoms with Gasteiger partial charge in [-0.1, -0.05) is 64.4 Å². The van der Waals surface area contributed by atoms with Gasteiger partial charge in [0, 0.05) is 17.7 Å². The Bertz CT molecular complexity index is 1890. The second kappa shape index (κ2) is 10.9. The average Bonchev–Trinajstić information content (AvgIpc) is 3.48. The smallest absolute Gasteiger partial charge is 0.338 e. The molecular weight excluding hydrogens is 577 g/mol. The van der Waals surface area contributed by atoms with Crippen molar-refractivity contribution >= 4 is 52.3 Å². The minimum atomic E-state index is -0.723. The van der Waals surface area contributed by atoms with Crippen LogP contribution in [0.15, 0.2) is 74.0 Å². The molecule has 12 heteroatoms. The van der Waals surface area contributed by atoms with Crippen LogP contribution in [0.25, 0.3) is 17.4 Å². The molecule has 0 amide bonds. The SMILES string of the molecule is CCOC(=O)C1=C(C)N=c2s/c(=C/c3ccc(-c4cc([N+](=O)[O-])c(Cl)cc4Cl)o3)c(=O)n2[C@H]1c1ccc(C)cc1. The van der Waals surface area contributed by atoms with Crippen LogP contribution in [-0.2, 0) is 9.53 Å². The molecule has 0 radical (unpaired) electrons. The number of nitrogens with zero attached hydrogens (tertiary/aromatic N) is 3. The van der Waals surface area contributed by atoms with Crippen LogP contribution >= 0.6 is 34.5 Å². The Kier molecular flexibility index (Phi) is 7.50. The predicted molar refractivity (Wildman–Crippen MR) is 152 cm³/mol. The lowest BCUT2D eigenvalue weighted by Crippen LogP contribution is -2.39. The molecule has 1 aliphatic heterocycles. The van der Waals surface area contributed by atoms with Crippen molar-refractivity contribution in [3.05, 3.63) is 117 Å². The zero-order chi connectivity index (χ0) is 28.7. The van der Waals surface area contributed by atoms with Gasteiger partial charge < -0.3 is 9.15 Å². The zero-order valence-corrected chi connectivity index (χ0v) is 23.8. The summed E-state index contributed by atoms with van der Waals surface area (Å²) in [5, 5.41) is 11.4. The maximum Gasteiger partial charge on any atom is 0.338 e. The number of rotatable bonds is 6. The van der Waals surface area contributed by atoms with Gasteiger partial charge in [0.05, 0.1) is 38.4 Å². The summed E-state index contributed by atoms with van der Waals surface area (Å²) in [5.74, 6) is 0.0529. The Morgan fingerprint density at radius 3 is 2.58 bits per heavy atom. The molecule has 4 aromatic rings. The molecule has 0 aliphatic carbocycles. The quantitative estimate of drug-likeness (QED) is 0.163. The van der Waals surface area contributed by atoms with Crippen LogP contribution in [0.4, 0.5) is 5.69 Å². The molecule has 0 saturated carbocycles. The monoisotopic (exact) mass is 597 g/mol. The molecule has 2 aromatic heterocycles.